The van der Waals surface area contributed by atoms with Crippen LogP contribution in [0.1, 0.15) is 23.2 Å². The van der Waals surface area contributed by atoms with Gasteiger partial charge in [0.05, 0.1) is 18.0 Å². The third-order valence-electron chi connectivity index (χ3n) is 3.87. The van der Waals surface area contributed by atoms with Crippen LogP contribution in [0.15, 0.2) is 23.2 Å². The summed E-state index contributed by atoms with van der Waals surface area (Å²) in [5.74, 6) is 0.503. The molecular formula is C14H18BrN7O. The van der Waals surface area contributed by atoms with Crippen LogP contribution in [0.2, 0.25) is 0 Å². The Balaban J connectivity index is 1.71. The Labute approximate surface area is 142 Å². The quantitative estimate of drug-likeness (QED) is 0.818. The summed E-state index contributed by atoms with van der Waals surface area (Å²) in [5.41, 5.74) is 6.29. The number of amides is 1. The molecule has 0 atom stereocenters. The maximum atomic E-state index is 12.3. The van der Waals surface area contributed by atoms with Crippen LogP contribution in [-0.2, 0) is 0 Å². The first-order chi connectivity index (χ1) is 11.0. The van der Waals surface area contributed by atoms with Crippen molar-refractivity contribution in [3.8, 4) is 5.82 Å². The van der Waals surface area contributed by atoms with E-state index >= 15 is 0 Å². The lowest BCUT2D eigenvalue weighted by Gasteiger charge is -2.29. The van der Waals surface area contributed by atoms with Crippen molar-refractivity contribution in [1.82, 2.24) is 30.0 Å². The number of carbonyl (C=O) groups excluding carboxylic acids is 1. The maximum absolute atomic E-state index is 12.3. The summed E-state index contributed by atoms with van der Waals surface area (Å²) in [5, 5.41) is 7.21. The van der Waals surface area contributed by atoms with Crippen molar-refractivity contribution in [3.63, 3.8) is 0 Å². The molecule has 1 aliphatic heterocycles. The smallest absolute Gasteiger partial charge is 0.254 e. The molecule has 2 aromatic rings. The molecule has 0 aromatic carbocycles. The van der Waals surface area contributed by atoms with Crippen molar-refractivity contribution in [2.24, 2.45) is 0 Å². The van der Waals surface area contributed by atoms with E-state index in [-0.39, 0.29) is 17.8 Å². The summed E-state index contributed by atoms with van der Waals surface area (Å²) in [6.07, 6.45) is 6.54. The Morgan fingerprint density at radius 1 is 1.39 bits per heavy atom. The monoisotopic (exact) mass is 379 g/mol. The predicted molar refractivity (Wildman–Crippen MR) is 89.3 cm³/mol. The van der Waals surface area contributed by atoms with E-state index in [2.05, 4.69) is 48.3 Å². The molecule has 1 saturated heterocycles. The number of carbonyl (C=O) groups is 1. The number of hydrogen-bond donors (Lipinski definition) is 2. The average Bonchev–Trinajstić information content (AvgIpc) is 3.02. The van der Waals surface area contributed by atoms with E-state index < -0.39 is 0 Å². The van der Waals surface area contributed by atoms with Crippen molar-refractivity contribution in [3.05, 3.63) is 28.8 Å². The lowest BCUT2D eigenvalue weighted by molar-refractivity contribution is 0.0917. The van der Waals surface area contributed by atoms with E-state index in [0.29, 0.717) is 16.0 Å². The van der Waals surface area contributed by atoms with Crippen molar-refractivity contribution in [2.45, 2.75) is 18.9 Å². The standard InChI is InChI=1S/C14H18BrN7O/c1-21-4-2-10(3-5-21)19-14(23)9-6-18-22(8-9)13-12(16)17-7-11(15)20-13/h6-8,10H,2-5H2,1H3,(H2,16,17)(H,19,23). The SMILES string of the molecule is CN1CCC(NC(=O)c2cnn(-c3nc(Br)cnc3N)c2)CC1. The van der Waals surface area contributed by atoms with Crippen LogP contribution in [0.25, 0.3) is 5.82 Å². The summed E-state index contributed by atoms with van der Waals surface area (Å²) >= 11 is 3.25. The number of likely N-dealkylation sites (tertiary alicyclic amines) is 1. The van der Waals surface area contributed by atoms with Crippen molar-refractivity contribution < 1.29 is 4.79 Å². The fourth-order valence-corrected chi connectivity index (χ4v) is 2.78. The average molecular weight is 380 g/mol. The number of anilines is 1. The minimum absolute atomic E-state index is 0.132. The van der Waals surface area contributed by atoms with Gasteiger partial charge in [-0.15, -0.1) is 0 Å². The van der Waals surface area contributed by atoms with E-state index in [1.165, 1.54) is 17.1 Å². The number of piperidine rings is 1. The number of rotatable bonds is 3. The van der Waals surface area contributed by atoms with Gasteiger partial charge in [-0.3, -0.25) is 4.79 Å². The molecule has 122 valence electrons. The second-order valence-corrected chi connectivity index (χ2v) is 6.44. The number of hydrogen-bond acceptors (Lipinski definition) is 6. The van der Waals surface area contributed by atoms with E-state index in [0.717, 1.165) is 25.9 Å². The summed E-state index contributed by atoms with van der Waals surface area (Å²) in [7, 11) is 2.09. The van der Waals surface area contributed by atoms with Gasteiger partial charge in [-0.2, -0.15) is 5.10 Å². The number of nitrogen functional groups attached to an aromatic ring is 1. The Hall–Kier alpha value is -2.00. The predicted octanol–water partition coefficient (Wildman–Crippen LogP) is 0.831. The van der Waals surface area contributed by atoms with Gasteiger partial charge in [-0.1, -0.05) is 0 Å². The zero-order valence-corrected chi connectivity index (χ0v) is 14.3. The molecule has 2 aromatic heterocycles. The molecular weight excluding hydrogens is 362 g/mol. The molecule has 8 nitrogen and oxygen atoms in total. The van der Waals surface area contributed by atoms with Gasteiger partial charge in [-0.25, -0.2) is 14.6 Å². The zero-order valence-electron chi connectivity index (χ0n) is 12.7. The molecule has 0 aliphatic carbocycles. The second-order valence-electron chi connectivity index (χ2n) is 5.63. The zero-order chi connectivity index (χ0) is 16.4. The molecule has 0 radical (unpaired) electrons. The molecule has 0 spiro atoms. The summed E-state index contributed by atoms with van der Waals surface area (Å²) in [6, 6.07) is 0.206. The lowest BCUT2D eigenvalue weighted by atomic mass is 10.1. The summed E-state index contributed by atoms with van der Waals surface area (Å²) in [6.45, 7) is 1.99. The van der Waals surface area contributed by atoms with Gasteiger partial charge in [-0.05, 0) is 48.9 Å². The fourth-order valence-electron chi connectivity index (χ4n) is 2.51. The first-order valence-electron chi connectivity index (χ1n) is 7.35. The van der Waals surface area contributed by atoms with E-state index in [1.807, 2.05) is 0 Å². The van der Waals surface area contributed by atoms with Crippen LogP contribution in [0.4, 0.5) is 5.82 Å². The highest BCUT2D eigenvalue weighted by Gasteiger charge is 2.20. The number of aromatic nitrogens is 4. The van der Waals surface area contributed by atoms with Crippen LogP contribution in [0.3, 0.4) is 0 Å². The molecule has 9 heteroatoms. The molecule has 23 heavy (non-hydrogen) atoms. The third kappa shape index (κ3) is 3.67. The first-order valence-corrected chi connectivity index (χ1v) is 8.14. The minimum atomic E-state index is -0.132. The van der Waals surface area contributed by atoms with Crippen LogP contribution in [0, 0.1) is 0 Å². The van der Waals surface area contributed by atoms with E-state index in [4.69, 9.17) is 5.73 Å². The first kappa shape index (κ1) is 15.9. The fraction of sp³-hybridized carbons (Fsp3) is 0.429. The number of nitrogens with two attached hydrogens (primary N) is 1. The highest BCUT2D eigenvalue weighted by molar-refractivity contribution is 9.10. The largest absolute Gasteiger partial charge is 0.381 e. The molecule has 1 aliphatic rings. The van der Waals surface area contributed by atoms with E-state index in [9.17, 15) is 4.79 Å². The van der Waals surface area contributed by atoms with Gasteiger partial charge in [0.25, 0.3) is 5.91 Å². The molecule has 1 fully saturated rings. The molecule has 0 saturated carbocycles. The Kier molecular flexibility index (Phi) is 4.58. The molecule has 3 N–H and O–H groups in total. The van der Waals surface area contributed by atoms with Crippen molar-refractivity contribution >= 4 is 27.7 Å². The molecule has 1 amide bonds. The summed E-state index contributed by atoms with van der Waals surface area (Å²) in [4.78, 5) is 22.8. The Bertz CT molecular complexity index is 709. The van der Waals surface area contributed by atoms with Gasteiger partial charge >= 0.3 is 0 Å². The Morgan fingerprint density at radius 3 is 2.87 bits per heavy atom. The molecule has 0 unspecified atom stereocenters. The lowest BCUT2D eigenvalue weighted by Crippen LogP contribution is -2.43. The van der Waals surface area contributed by atoms with Crippen molar-refractivity contribution in [1.29, 1.82) is 0 Å². The summed E-state index contributed by atoms with van der Waals surface area (Å²) < 4.78 is 2.01. The van der Waals surface area contributed by atoms with Crippen LogP contribution < -0.4 is 11.1 Å². The minimum Gasteiger partial charge on any atom is -0.381 e. The van der Waals surface area contributed by atoms with Gasteiger partial charge in [0.15, 0.2) is 11.6 Å². The van der Waals surface area contributed by atoms with E-state index in [1.54, 1.807) is 6.20 Å². The third-order valence-corrected chi connectivity index (χ3v) is 4.25. The number of nitrogens with zero attached hydrogens (tertiary/aromatic N) is 5. The Morgan fingerprint density at radius 2 is 2.13 bits per heavy atom. The number of halogens is 1. The molecule has 3 heterocycles. The highest BCUT2D eigenvalue weighted by atomic mass is 79.9. The molecule has 0 bridgehead atoms. The molecule has 3 rings (SSSR count). The van der Waals surface area contributed by atoms with Gasteiger partial charge < -0.3 is 16.0 Å². The maximum Gasteiger partial charge on any atom is 0.254 e. The topological polar surface area (TPSA) is 102 Å². The van der Waals surface area contributed by atoms with Gasteiger partial charge in [0.2, 0.25) is 0 Å². The number of nitrogens with one attached hydrogen (secondary N) is 1. The van der Waals surface area contributed by atoms with Gasteiger partial charge in [0.1, 0.15) is 4.60 Å². The normalized spacial score (nSPS) is 16.4. The van der Waals surface area contributed by atoms with Crippen LogP contribution >= 0.6 is 15.9 Å². The van der Waals surface area contributed by atoms with Crippen molar-refractivity contribution in [2.75, 3.05) is 25.9 Å². The highest BCUT2D eigenvalue weighted by Crippen LogP contribution is 2.15. The van der Waals surface area contributed by atoms with Crippen LogP contribution in [0.5, 0.6) is 0 Å². The van der Waals surface area contributed by atoms with Gasteiger partial charge in [0, 0.05) is 12.2 Å². The van der Waals surface area contributed by atoms with Crippen LogP contribution in [-0.4, -0.2) is 56.7 Å². The second kappa shape index (κ2) is 6.63.